The lowest BCUT2D eigenvalue weighted by Crippen LogP contribution is -2.38. The number of benzene rings is 1. The van der Waals surface area contributed by atoms with E-state index in [1.54, 1.807) is 11.3 Å². The molecule has 5 rings (SSSR count). The fourth-order valence-electron chi connectivity index (χ4n) is 4.13. The van der Waals surface area contributed by atoms with Crippen LogP contribution >= 0.6 is 22.7 Å². The molecule has 1 aromatic carbocycles. The molecule has 0 radical (unpaired) electrons. The Labute approximate surface area is 160 Å². The minimum absolute atomic E-state index is 0.0760. The molecule has 3 heterocycles. The molecule has 1 fully saturated rings. The van der Waals surface area contributed by atoms with Crippen LogP contribution in [0.25, 0.3) is 10.2 Å². The number of amides is 1. The van der Waals surface area contributed by atoms with E-state index in [4.69, 9.17) is 0 Å². The number of para-hydroxylation sites is 1. The maximum Gasteiger partial charge on any atom is 0.264 e. The maximum absolute atomic E-state index is 13.1. The van der Waals surface area contributed by atoms with Gasteiger partial charge in [0.2, 0.25) is 0 Å². The van der Waals surface area contributed by atoms with Crippen molar-refractivity contribution >= 4 is 38.8 Å². The maximum atomic E-state index is 13.1. The number of likely N-dealkylation sites (tertiary alicyclic amines) is 1. The van der Waals surface area contributed by atoms with Crippen molar-refractivity contribution in [1.29, 1.82) is 0 Å². The quantitative estimate of drug-likeness (QED) is 0.737. The van der Waals surface area contributed by atoms with Gasteiger partial charge in [0.15, 0.2) is 0 Å². The number of aromatic nitrogens is 1. The predicted molar refractivity (Wildman–Crippen MR) is 105 cm³/mol. The smallest absolute Gasteiger partial charge is 0.264 e. The molecule has 3 aromatic rings. The molecule has 2 aromatic heterocycles. The molecule has 4 nitrogen and oxygen atoms in total. The average Bonchev–Trinajstić information content (AvgIpc) is 3.42. The first kappa shape index (κ1) is 16.4. The van der Waals surface area contributed by atoms with Gasteiger partial charge in [0.05, 0.1) is 21.1 Å². The second-order valence-electron chi connectivity index (χ2n) is 7.09. The number of fused-ring (bicyclic) bond motifs is 2. The van der Waals surface area contributed by atoms with Crippen LogP contribution in [0, 0.1) is 0 Å². The van der Waals surface area contributed by atoms with Crippen molar-refractivity contribution < 1.29 is 9.90 Å². The van der Waals surface area contributed by atoms with E-state index >= 15 is 0 Å². The van der Waals surface area contributed by atoms with Gasteiger partial charge in [-0.05, 0) is 55.9 Å². The Bertz CT molecular complexity index is 923. The van der Waals surface area contributed by atoms with Gasteiger partial charge in [-0.25, -0.2) is 4.98 Å². The van der Waals surface area contributed by atoms with Crippen LogP contribution in [0.3, 0.4) is 0 Å². The number of thiazole rings is 1. The highest BCUT2D eigenvalue weighted by Gasteiger charge is 2.37. The number of rotatable bonds is 3. The zero-order chi connectivity index (χ0) is 17.7. The number of carbonyl (C=O) groups is 1. The molecule has 1 aliphatic heterocycles. The van der Waals surface area contributed by atoms with E-state index in [0.717, 1.165) is 40.8 Å². The molecule has 0 spiro atoms. The second kappa shape index (κ2) is 6.44. The largest absolute Gasteiger partial charge is 0.384 e. The number of carbonyl (C=O) groups excluding carboxylic acids is 1. The minimum Gasteiger partial charge on any atom is -0.384 e. The second-order valence-corrected chi connectivity index (χ2v) is 9.28. The molecule has 2 atom stereocenters. The van der Waals surface area contributed by atoms with Gasteiger partial charge in [-0.3, -0.25) is 4.79 Å². The lowest BCUT2D eigenvalue weighted by atomic mass is 10.1. The SMILES string of the molecule is O=C(c1cc2c(s1)CCC2)N1CCC[C@@H]1[C@H](O)c1nc2ccccc2s1. The summed E-state index contributed by atoms with van der Waals surface area (Å²) < 4.78 is 1.08. The molecular weight excluding hydrogens is 364 g/mol. The minimum atomic E-state index is -0.717. The number of hydrogen-bond donors (Lipinski definition) is 1. The van der Waals surface area contributed by atoms with Gasteiger partial charge < -0.3 is 10.0 Å². The van der Waals surface area contributed by atoms with Crippen LogP contribution in [0.5, 0.6) is 0 Å². The molecule has 6 heteroatoms. The van der Waals surface area contributed by atoms with Gasteiger partial charge in [-0.15, -0.1) is 22.7 Å². The highest BCUT2D eigenvalue weighted by Crippen LogP contribution is 2.36. The van der Waals surface area contributed by atoms with E-state index < -0.39 is 6.10 Å². The highest BCUT2D eigenvalue weighted by atomic mass is 32.1. The molecule has 1 saturated heterocycles. The number of hydrogen-bond acceptors (Lipinski definition) is 5. The monoisotopic (exact) mass is 384 g/mol. The molecule has 2 aliphatic rings. The molecular formula is C20H20N2O2S2. The molecule has 1 N–H and O–H groups in total. The third-order valence-corrected chi connectivity index (χ3v) is 7.78. The van der Waals surface area contributed by atoms with Gasteiger partial charge in [-0.1, -0.05) is 12.1 Å². The van der Waals surface area contributed by atoms with Crippen LogP contribution in [0.15, 0.2) is 30.3 Å². The topological polar surface area (TPSA) is 53.4 Å². The summed E-state index contributed by atoms with van der Waals surface area (Å²) in [6, 6.07) is 9.83. The van der Waals surface area contributed by atoms with Crippen molar-refractivity contribution in [2.24, 2.45) is 0 Å². The highest BCUT2D eigenvalue weighted by molar-refractivity contribution is 7.18. The van der Waals surface area contributed by atoms with Crippen LogP contribution in [-0.2, 0) is 12.8 Å². The predicted octanol–water partition coefficient (Wildman–Crippen LogP) is 4.18. The summed E-state index contributed by atoms with van der Waals surface area (Å²) in [6.07, 6.45) is 4.45. The van der Waals surface area contributed by atoms with E-state index in [1.807, 2.05) is 29.2 Å². The molecule has 0 bridgehead atoms. The summed E-state index contributed by atoms with van der Waals surface area (Å²) in [7, 11) is 0. The number of aliphatic hydroxyl groups is 1. The molecule has 1 aliphatic carbocycles. The molecule has 26 heavy (non-hydrogen) atoms. The Morgan fingerprint density at radius 3 is 2.96 bits per heavy atom. The van der Waals surface area contributed by atoms with Crippen LogP contribution in [0.1, 0.15) is 50.5 Å². The zero-order valence-electron chi connectivity index (χ0n) is 14.4. The van der Waals surface area contributed by atoms with Gasteiger partial charge in [0.1, 0.15) is 11.1 Å². The number of thiophene rings is 1. The van der Waals surface area contributed by atoms with Gasteiger partial charge in [0.25, 0.3) is 5.91 Å². The van der Waals surface area contributed by atoms with Crippen LogP contribution in [0.2, 0.25) is 0 Å². The van der Waals surface area contributed by atoms with Crippen molar-refractivity contribution in [2.45, 2.75) is 44.2 Å². The van der Waals surface area contributed by atoms with Crippen molar-refractivity contribution in [3.8, 4) is 0 Å². The van der Waals surface area contributed by atoms with Crippen molar-refractivity contribution in [1.82, 2.24) is 9.88 Å². The Morgan fingerprint density at radius 2 is 2.12 bits per heavy atom. The fraction of sp³-hybridized carbons (Fsp3) is 0.400. The van der Waals surface area contributed by atoms with Crippen LogP contribution < -0.4 is 0 Å². The van der Waals surface area contributed by atoms with E-state index in [2.05, 4.69) is 11.1 Å². The molecule has 1 amide bonds. The Hall–Kier alpha value is -1.76. The normalized spacial score (nSPS) is 20.7. The van der Waals surface area contributed by atoms with E-state index in [9.17, 15) is 9.90 Å². The third kappa shape index (κ3) is 2.68. The van der Waals surface area contributed by atoms with E-state index in [1.165, 1.54) is 28.2 Å². The van der Waals surface area contributed by atoms with Crippen LogP contribution in [-0.4, -0.2) is 33.5 Å². The molecule has 0 unspecified atom stereocenters. The van der Waals surface area contributed by atoms with Crippen molar-refractivity contribution in [3.05, 3.63) is 50.7 Å². The Balaban J connectivity index is 1.41. The first-order valence-corrected chi connectivity index (χ1v) is 10.8. The van der Waals surface area contributed by atoms with Gasteiger partial charge in [-0.2, -0.15) is 0 Å². The Kier molecular flexibility index (Phi) is 4.07. The average molecular weight is 385 g/mol. The summed E-state index contributed by atoms with van der Waals surface area (Å²) in [5, 5.41) is 11.7. The van der Waals surface area contributed by atoms with Crippen molar-refractivity contribution in [3.63, 3.8) is 0 Å². The van der Waals surface area contributed by atoms with Gasteiger partial charge >= 0.3 is 0 Å². The number of aryl methyl sites for hydroxylation is 2. The van der Waals surface area contributed by atoms with E-state index in [0.29, 0.717) is 11.6 Å². The molecule has 134 valence electrons. The summed E-state index contributed by atoms with van der Waals surface area (Å²) in [4.78, 5) is 21.8. The van der Waals surface area contributed by atoms with E-state index in [-0.39, 0.29) is 11.9 Å². The summed E-state index contributed by atoms with van der Waals surface area (Å²) in [5.74, 6) is 0.0760. The number of nitrogens with zero attached hydrogens (tertiary/aromatic N) is 2. The van der Waals surface area contributed by atoms with Gasteiger partial charge in [0, 0.05) is 11.4 Å². The molecule has 0 saturated carbocycles. The lowest BCUT2D eigenvalue weighted by Gasteiger charge is -2.27. The number of aliphatic hydroxyl groups excluding tert-OH is 1. The summed E-state index contributed by atoms with van der Waals surface area (Å²) >= 11 is 3.17. The first-order chi connectivity index (χ1) is 12.7. The zero-order valence-corrected chi connectivity index (χ0v) is 16.0. The first-order valence-electron chi connectivity index (χ1n) is 9.17. The summed E-state index contributed by atoms with van der Waals surface area (Å²) in [5.41, 5.74) is 2.26. The standard InChI is InChI=1S/C20H20N2O2S2/c23-18(19-21-13-6-1-2-8-16(13)26-19)14-7-4-10-22(14)20(24)17-11-12-5-3-9-15(12)25-17/h1-2,6,8,11,14,18,23H,3-5,7,9-10H2/t14-,18+/m1/s1. The fourth-order valence-corrected chi connectivity index (χ4v) is 6.35. The van der Waals surface area contributed by atoms with Crippen LogP contribution in [0.4, 0.5) is 0 Å². The Morgan fingerprint density at radius 1 is 1.23 bits per heavy atom. The summed E-state index contributed by atoms with van der Waals surface area (Å²) in [6.45, 7) is 0.716. The lowest BCUT2D eigenvalue weighted by molar-refractivity contribution is 0.0490. The van der Waals surface area contributed by atoms with Crippen molar-refractivity contribution in [2.75, 3.05) is 6.54 Å². The third-order valence-electron chi connectivity index (χ3n) is 5.45.